The maximum Gasteiger partial charge on any atom is 0.270 e. The normalized spacial score (nSPS) is 13.6. The summed E-state index contributed by atoms with van der Waals surface area (Å²) in [6.45, 7) is 1.63. The Morgan fingerprint density at radius 1 is 1.19 bits per heavy atom. The first-order valence-electron chi connectivity index (χ1n) is 8.49. The minimum Gasteiger partial charge on any atom is -0.361 e. The number of thioether (sulfide) groups is 1. The van der Waals surface area contributed by atoms with Gasteiger partial charge in [-0.15, -0.1) is 0 Å². The zero-order valence-corrected chi connectivity index (χ0v) is 16.0. The van der Waals surface area contributed by atoms with E-state index in [9.17, 15) is 10.1 Å². The number of benzene rings is 2. The van der Waals surface area contributed by atoms with Crippen LogP contribution in [0, 0.1) is 10.1 Å². The van der Waals surface area contributed by atoms with Gasteiger partial charge in [-0.1, -0.05) is 35.2 Å². The van der Waals surface area contributed by atoms with Crippen molar-refractivity contribution >= 4 is 55.0 Å². The molecule has 2 N–H and O–H groups in total. The van der Waals surface area contributed by atoms with Crippen molar-refractivity contribution in [2.75, 3.05) is 29.5 Å². The molecule has 0 amide bonds. The van der Waals surface area contributed by atoms with Crippen molar-refractivity contribution in [1.29, 1.82) is 0 Å². The molecule has 138 valence electrons. The topological polar surface area (TPSA) is 92.5 Å². The Labute approximate surface area is 164 Å². The number of hydrogen-bond acceptors (Lipinski definition) is 8. The first-order chi connectivity index (χ1) is 13.2. The van der Waals surface area contributed by atoms with Crippen LogP contribution < -0.4 is 10.6 Å². The number of nitro benzene ring substituents is 1. The predicted octanol–water partition coefficient (Wildman–Crippen LogP) is 4.37. The highest BCUT2D eigenvalue weighted by Crippen LogP contribution is 2.29. The summed E-state index contributed by atoms with van der Waals surface area (Å²) in [5.41, 5.74) is 3.14. The van der Waals surface area contributed by atoms with Crippen LogP contribution in [0.1, 0.15) is 5.56 Å². The molecule has 1 aromatic heterocycles. The molecule has 4 rings (SSSR count). The molecule has 0 radical (unpaired) electrons. The van der Waals surface area contributed by atoms with Crippen LogP contribution in [-0.4, -0.2) is 33.9 Å². The summed E-state index contributed by atoms with van der Waals surface area (Å²) >= 11 is 3.17. The minimum absolute atomic E-state index is 0.0911. The van der Waals surface area contributed by atoms with Crippen LogP contribution in [0.25, 0.3) is 10.2 Å². The molecule has 9 heteroatoms. The van der Waals surface area contributed by atoms with Gasteiger partial charge in [0.25, 0.3) is 5.69 Å². The fourth-order valence-corrected chi connectivity index (χ4v) is 4.38. The molecule has 3 aromatic rings. The van der Waals surface area contributed by atoms with Gasteiger partial charge in [0.1, 0.15) is 0 Å². The van der Waals surface area contributed by atoms with Gasteiger partial charge in [0, 0.05) is 30.1 Å². The van der Waals surface area contributed by atoms with Crippen LogP contribution >= 0.6 is 23.1 Å². The van der Waals surface area contributed by atoms with Gasteiger partial charge in [0.05, 0.1) is 21.7 Å². The lowest BCUT2D eigenvalue weighted by Crippen LogP contribution is -2.06. The SMILES string of the molecule is O=[N+]([O-])c1ccc2nc(NCCc3ccc(NC4=NCCS4)cc3)sc2c1. The summed E-state index contributed by atoms with van der Waals surface area (Å²) in [6, 6.07) is 13.1. The molecule has 0 atom stereocenters. The first-order valence-corrected chi connectivity index (χ1v) is 10.3. The van der Waals surface area contributed by atoms with Crippen LogP contribution in [0.4, 0.5) is 16.5 Å². The van der Waals surface area contributed by atoms with E-state index >= 15 is 0 Å². The minimum atomic E-state index is -0.386. The van der Waals surface area contributed by atoms with Gasteiger partial charge < -0.3 is 10.6 Å². The highest BCUT2D eigenvalue weighted by Gasteiger charge is 2.10. The average Bonchev–Trinajstić information content (AvgIpc) is 3.31. The number of hydrogen-bond donors (Lipinski definition) is 2. The number of thiazole rings is 1. The Bertz CT molecular complexity index is 1000. The monoisotopic (exact) mass is 399 g/mol. The molecule has 1 aliphatic heterocycles. The summed E-state index contributed by atoms with van der Waals surface area (Å²) < 4.78 is 0.815. The molecule has 0 bridgehead atoms. The molecule has 0 saturated carbocycles. The van der Waals surface area contributed by atoms with Gasteiger partial charge in [-0.25, -0.2) is 4.98 Å². The van der Waals surface area contributed by atoms with E-state index in [1.807, 2.05) is 0 Å². The van der Waals surface area contributed by atoms with E-state index in [4.69, 9.17) is 0 Å². The summed E-state index contributed by atoms with van der Waals surface area (Å²) in [4.78, 5) is 19.3. The van der Waals surface area contributed by atoms with E-state index in [-0.39, 0.29) is 10.6 Å². The van der Waals surface area contributed by atoms with Crippen molar-refractivity contribution in [3.05, 3.63) is 58.1 Å². The summed E-state index contributed by atoms with van der Waals surface area (Å²) in [7, 11) is 0. The van der Waals surface area contributed by atoms with E-state index in [0.29, 0.717) is 0 Å². The van der Waals surface area contributed by atoms with Crippen molar-refractivity contribution in [3.63, 3.8) is 0 Å². The Hall–Kier alpha value is -2.65. The van der Waals surface area contributed by atoms with Gasteiger partial charge in [0.15, 0.2) is 10.3 Å². The molecular weight excluding hydrogens is 382 g/mol. The largest absolute Gasteiger partial charge is 0.361 e. The summed E-state index contributed by atoms with van der Waals surface area (Å²) in [6.07, 6.45) is 0.867. The molecule has 7 nitrogen and oxygen atoms in total. The molecule has 2 aromatic carbocycles. The third-order valence-electron chi connectivity index (χ3n) is 4.06. The Morgan fingerprint density at radius 2 is 2.04 bits per heavy atom. The molecule has 0 aliphatic carbocycles. The Balaban J connectivity index is 1.32. The number of amidine groups is 1. The quantitative estimate of drug-likeness (QED) is 0.472. The molecule has 27 heavy (non-hydrogen) atoms. The molecule has 0 saturated heterocycles. The van der Waals surface area contributed by atoms with Crippen molar-refractivity contribution in [2.45, 2.75) is 6.42 Å². The van der Waals surface area contributed by atoms with Crippen molar-refractivity contribution < 1.29 is 4.92 Å². The number of nitrogens with zero attached hydrogens (tertiary/aromatic N) is 3. The van der Waals surface area contributed by atoms with Crippen LogP contribution in [0.5, 0.6) is 0 Å². The third kappa shape index (κ3) is 4.37. The second-order valence-electron chi connectivity index (χ2n) is 5.96. The third-order valence-corrected chi connectivity index (χ3v) is 5.93. The van der Waals surface area contributed by atoms with Crippen molar-refractivity contribution in [2.24, 2.45) is 4.99 Å². The lowest BCUT2D eigenvalue weighted by atomic mass is 10.1. The fraction of sp³-hybridized carbons (Fsp3) is 0.222. The van der Waals surface area contributed by atoms with Crippen LogP contribution in [-0.2, 0) is 6.42 Å². The second-order valence-corrected chi connectivity index (χ2v) is 8.08. The number of rotatable bonds is 6. The molecule has 0 unspecified atom stereocenters. The number of nitrogens with one attached hydrogen (secondary N) is 2. The Morgan fingerprint density at radius 3 is 2.78 bits per heavy atom. The van der Waals surface area contributed by atoms with Crippen LogP contribution in [0.15, 0.2) is 47.5 Å². The number of nitro groups is 1. The van der Waals surface area contributed by atoms with Gasteiger partial charge in [-0.05, 0) is 30.2 Å². The van der Waals surface area contributed by atoms with E-state index < -0.39 is 0 Å². The van der Waals surface area contributed by atoms with Gasteiger partial charge in [-0.3, -0.25) is 15.1 Å². The van der Waals surface area contributed by atoms with Crippen molar-refractivity contribution in [3.8, 4) is 0 Å². The smallest absolute Gasteiger partial charge is 0.270 e. The molecule has 1 aliphatic rings. The zero-order valence-electron chi connectivity index (χ0n) is 14.3. The molecule has 0 fully saturated rings. The average molecular weight is 400 g/mol. The highest BCUT2D eigenvalue weighted by atomic mass is 32.2. The van der Waals surface area contributed by atoms with Gasteiger partial charge >= 0.3 is 0 Å². The van der Waals surface area contributed by atoms with E-state index in [1.54, 1.807) is 23.9 Å². The molecular formula is C18H17N5O2S2. The van der Waals surface area contributed by atoms with Crippen LogP contribution in [0.2, 0.25) is 0 Å². The lowest BCUT2D eigenvalue weighted by molar-refractivity contribution is -0.384. The number of non-ortho nitro benzene ring substituents is 1. The first kappa shape index (κ1) is 17.7. The maximum absolute atomic E-state index is 10.9. The van der Waals surface area contributed by atoms with Gasteiger partial charge in [0.2, 0.25) is 0 Å². The number of aromatic nitrogens is 1. The fourth-order valence-electron chi connectivity index (χ4n) is 2.71. The standard InChI is InChI=1S/C18H17N5O2S2/c24-23(25)14-5-6-15-16(11-14)27-18(22-15)19-8-7-12-1-3-13(4-2-12)21-17-20-9-10-26-17/h1-6,11H,7-10H2,(H,19,22)(H,20,21). The number of fused-ring (bicyclic) bond motifs is 1. The maximum atomic E-state index is 10.9. The van der Waals surface area contributed by atoms with E-state index in [2.05, 4.69) is 44.9 Å². The Kier molecular flexibility index (Phi) is 5.21. The molecule has 0 spiro atoms. The van der Waals surface area contributed by atoms with E-state index in [0.717, 1.165) is 51.5 Å². The predicted molar refractivity (Wildman–Crippen MR) is 113 cm³/mol. The van der Waals surface area contributed by atoms with Crippen molar-refractivity contribution in [1.82, 2.24) is 4.98 Å². The molecule has 2 heterocycles. The summed E-state index contributed by atoms with van der Waals surface area (Å²) in [5, 5.41) is 19.2. The highest BCUT2D eigenvalue weighted by molar-refractivity contribution is 8.14. The summed E-state index contributed by atoms with van der Waals surface area (Å²) in [5.74, 6) is 1.05. The van der Waals surface area contributed by atoms with Gasteiger partial charge in [-0.2, -0.15) is 0 Å². The number of anilines is 2. The zero-order chi connectivity index (χ0) is 18.6. The van der Waals surface area contributed by atoms with E-state index in [1.165, 1.54) is 23.0 Å². The number of aliphatic imine (C=N–C) groups is 1. The second kappa shape index (κ2) is 7.93. The lowest BCUT2D eigenvalue weighted by Gasteiger charge is -2.07. The van der Waals surface area contributed by atoms with Crippen LogP contribution in [0.3, 0.4) is 0 Å².